The van der Waals surface area contributed by atoms with Crippen LogP contribution in [-0.2, 0) is 19.6 Å². The molecule has 3 heterocycles. The zero-order valence-corrected chi connectivity index (χ0v) is 37.1. The molecule has 0 saturated heterocycles. The van der Waals surface area contributed by atoms with E-state index in [4.69, 9.17) is 0 Å². The predicted molar refractivity (Wildman–Crippen MR) is 240 cm³/mol. The van der Waals surface area contributed by atoms with Gasteiger partial charge in [0.25, 0.3) is 0 Å². The van der Waals surface area contributed by atoms with E-state index in [0.717, 1.165) is 57.3 Å². The summed E-state index contributed by atoms with van der Waals surface area (Å²) in [6.45, 7) is 17.7. The maximum Gasteiger partial charge on any atom is 0.163 e. The van der Waals surface area contributed by atoms with Crippen molar-refractivity contribution in [3.05, 3.63) is 207 Å². The standard InChI is InChI=1S/C33H26N2O.C12H17N.C4H4N.C3H6.W/c1-24-20-21-28(25-12-5-2-6-13-25)34(24)31-18-11-19-32(33(31)36)35-29(26-14-7-3-8-15-26)22-23-30(35)27-16-9-4-10-17-27;1-8(2)10-6-5-7-11(9(3)4)12(10)13;1-2-4-5-3-1;1-3-2;/h2-23,36H,1H3;5-9H,1-4H3;1-4H;1-3H2;/q;;-1;-2;. The van der Waals surface area contributed by atoms with Crippen LogP contribution >= 0.6 is 0 Å². The van der Waals surface area contributed by atoms with Gasteiger partial charge in [0, 0.05) is 5.69 Å². The zero-order valence-electron chi connectivity index (χ0n) is 34.2. The number of aromatic nitrogens is 3. The first-order chi connectivity index (χ1) is 28.2. The van der Waals surface area contributed by atoms with Gasteiger partial charge < -0.3 is 39.5 Å². The van der Waals surface area contributed by atoms with Gasteiger partial charge in [-0.25, -0.2) is 0 Å². The number of hydrogen-bond acceptors (Lipinski definition) is 2. The molecule has 0 bridgehead atoms. The molecule has 296 valence electrons. The molecule has 58 heavy (non-hydrogen) atoms. The summed E-state index contributed by atoms with van der Waals surface area (Å²) in [6, 6.07) is 55.6. The molecule has 8 aromatic rings. The van der Waals surface area contributed by atoms with Crippen molar-refractivity contribution >= 4 is 5.69 Å². The molecule has 0 radical (unpaired) electrons. The Morgan fingerprint density at radius 3 is 1.29 bits per heavy atom. The Morgan fingerprint density at radius 1 is 0.534 bits per heavy atom. The fraction of sp³-hybridized carbons (Fsp3) is 0.154. The molecule has 0 spiro atoms. The third-order valence-electron chi connectivity index (χ3n) is 9.53. The molecule has 6 heteroatoms. The molecular weight excluding hydrogens is 880 g/mol. The van der Waals surface area contributed by atoms with Gasteiger partial charge in [-0.1, -0.05) is 109 Å². The Kier molecular flexibility index (Phi) is 16.2. The van der Waals surface area contributed by atoms with Crippen molar-refractivity contribution in [2.75, 3.05) is 0 Å². The van der Waals surface area contributed by atoms with E-state index in [2.05, 4.69) is 145 Å². The number of aryl methyl sites for hydroxylation is 1. The maximum atomic E-state index is 11.8. The normalized spacial score (nSPS) is 10.5. The smallest absolute Gasteiger partial charge is 0.163 e. The molecule has 5 aromatic carbocycles. The van der Waals surface area contributed by atoms with Crippen molar-refractivity contribution in [3.63, 3.8) is 0 Å². The number of rotatable bonds is 8. The molecule has 0 fully saturated rings. The Bertz CT molecular complexity index is 2330. The molecule has 0 aliphatic heterocycles. The topological polar surface area (TPSA) is 56.6 Å². The molecule has 0 saturated carbocycles. The molecule has 0 amide bonds. The molecule has 1 N–H and O–H groups in total. The molecular formula is C52H53N4OW-3. The second-order valence-corrected chi connectivity index (χ2v) is 14.9. The monoisotopic (exact) mass is 933 g/mol. The van der Waals surface area contributed by atoms with Gasteiger partial charge >= 0.3 is 97.7 Å². The number of benzene rings is 5. The first kappa shape index (κ1) is 43.4. The molecule has 0 unspecified atom stereocenters. The molecule has 8 rings (SSSR count). The molecule has 0 aliphatic rings. The molecule has 5 nitrogen and oxygen atoms in total. The fourth-order valence-corrected chi connectivity index (χ4v) is 7.56. The minimum atomic E-state index is 0.236. The second-order valence-electron chi connectivity index (χ2n) is 14.2. The summed E-state index contributed by atoms with van der Waals surface area (Å²) in [7, 11) is 0. The summed E-state index contributed by atoms with van der Waals surface area (Å²) in [5.74, 6) is 1.36. The number of nitrogens with zero attached hydrogens (tertiary/aromatic N) is 4. The van der Waals surface area contributed by atoms with Gasteiger partial charge in [-0.05, 0) is 60.0 Å². The molecule has 0 atom stereocenters. The van der Waals surface area contributed by atoms with Gasteiger partial charge in [0.15, 0.2) is 5.75 Å². The van der Waals surface area contributed by atoms with Gasteiger partial charge in [-0.2, -0.15) is 12.4 Å². The molecule has 3 aromatic heterocycles. The van der Waals surface area contributed by atoms with E-state index in [1.165, 1.54) is 36.4 Å². The number of phenols is 1. The number of hydrogen-bond donors (Lipinski definition) is 1. The second kappa shape index (κ2) is 21.7. The first-order valence-electron chi connectivity index (χ1n) is 19.7. The van der Waals surface area contributed by atoms with Crippen LogP contribution in [0.2, 0.25) is 0 Å². The van der Waals surface area contributed by atoms with Gasteiger partial charge in [-0.3, -0.25) is 0 Å². The van der Waals surface area contributed by atoms with Crippen LogP contribution in [0, 0.1) is 20.8 Å². The summed E-state index contributed by atoms with van der Waals surface area (Å²) >= 11 is 1.29. The van der Waals surface area contributed by atoms with Crippen LogP contribution in [0.15, 0.2) is 180 Å². The molecule has 0 aliphatic carbocycles. The minimum absolute atomic E-state index is 0.236. The van der Waals surface area contributed by atoms with Crippen molar-refractivity contribution in [1.29, 1.82) is 0 Å². The third kappa shape index (κ3) is 10.6. The van der Waals surface area contributed by atoms with Crippen molar-refractivity contribution in [3.8, 4) is 50.9 Å². The Balaban J connectivity index is 0.000000239. The minimum Gasteiger partial charge on any atom is -0.670 e. The third-order valence-corrected chi connectivity index (χ3v) is 10.2. The van der Waals surface area contributed by atoms with E-state index >= 15 is 0 Å². The van der Waals surface area contributed by atoms with Crippen LogP contribution in [0.4, 0.5) is 5.69 Å². The number of phenolic OH excluding ortho intramolecular Hbond substituents is 1. The maximum absolute atomic E-state index is 11.8. The van der Waals surface area contributed by atoms with E-state index in [-0.39, 0.29) is 5.75 Å². The van der Waals surface area contributed by atoms with Gasteiger partial charge in [0.05, 0.1) is 28.5 Å². The van der Waals surface area contributed by atoms with Crippen LogP contribution in [-0.4, -0.2) is 14.2 Å². The van der Waals surface area contributed by atoms with Crippen LogP contribution in [0.25, 0.3) is 45.1 Å². The average molecular weight is 934 g/mol. The van der Waals surface area contributed by atoms with Crippen molar-refractivity contribution < 1.29 is 24.7 Å². The largest absolute Gasteiger partial charge is 0.670 e. The Labute approximate surface area is 356 Å². The summed E-state index contributed by atoms with van der Waals surface area (Å²) < 4.78 is 8.78. The Hall–Kier alpha value is -5.77. The first-order valence-corrected chi connectivity index (χ1v) is 21.0. The van der Waals surface area contributed by atoms with Gasteiger partial charge in [0.1, 0.15) is 0 Å². The summed E-state index contributed by atoms with van der Waals surface area (Å²) in [5.41, 5.74) is 12.9. The van der Waals surface area contributed by atoms with E-state index in [9.17, 15) is 5.11 Å². The quantitative estimate of drug-likeness (QED) is 0.154. The predicted octanol–water partition coefficient (Wildman–Crippen LogP) is 14.3. The van der Waals surface area contributed by atoms with Gasteiger partial charge in [-0.15, -0.1) is 0 Å². The van der Waals surface area contributed by atoms with E-state index in [0.29, 0.717) is 11.8 Å². The van der Waals surface area contributed by atoms with E-state index < -0.39 is 0 Å². The van der Waals surface area contributed by atoms with Crippen LogP contribution in [0.5, 0.6) is 5.75 Å². The van der Waals surface area contributed by atoms with Gasteiger partial charge in [0.2, 0.25) is 0 Å². The van der Waals surface area contributed by atoms with Crippen LogP contribution in [0.3, 0.4) is 0 Å². The summed E-state index contributed by atoms with van der Waals surface area (Å²) in [4.78, 5) is 3.72. The van der Waals surface area contributed by atoms with E-state index in [1.54, 1.807) is 12.4 Å². The summed E-state index contributed by atoms with van der Waals surface area (Å²) in [5, 5.41) is 11.8. The van der Waals surface area contributed by atoms with Crippen LogP contribution in [0.1, 0.15) is 62.8 Å². The van der Waals surface area contributed by atoms with Crippen LogP contribution < -0.4 is 4.98 Å². The van der Waals surface area contributed by atoms with Crippen molar-refractivity contribution in [1.82, 2.24) is 14.1 Å². The fourth-order valence-electron chi connectivity index (χ4n) is 6.80. The average Bonchev–Trinajstić information content (AvgIpc) is 4.05. The Morgan fingerprint density at radius 2 is 0.914 bits per heavy atom. The number of para-hydroxylation sites is 1. The van der Waals surface area contributed by atoms with E-state index in [1.807, 2.05) is 84.9 Å². The van der Waals surface area contributed by atoms with Crippen molar-refractivity contribution in [2.24, 2.45) is 3.50 Å². The SMILES string of the molecule is CC(C)c1cccc(C(C)C)c1[N]=[W].Cc1ccc(-c2ccccc2)n1-c1cccc(-n2c(-c3ccccc3)ccc2-c2ccccc2)c1O.[CH2-]C[CH2-].c1cc[n-]c1. The van der Waals surface area contributed by atoms with Crippen molar-refractivity contribution in [2.45, 2.75) is 52.9 Å². The zero-order chi connectivity index (χ0) is 41.4. The number of aromatic hydroxyl groups is 1. The summed E-state index contributed by atoms with van der Waals surface area (Å²) in [6.07, 6.45) is 4.25.